The molecule has 0 amide bonds. The molecule has 0 atom stereocenters. The van der Waals surface area contributed by atoms with Crippen molar-refractivity contribution in [2.75, 3.05) is 0 Å². The topological polar surface area (TPSA) is 190 Å². The Morgan fingerprint density at radius 2 is 0.787 bits per heavy atom. The molecule has 3 fully saturated rings. The van der Waals surface area contributed by atoms with E-state index in [-0.39, 0.29) is 0 Å². The van der Waals surface area contributed by atoms with Crippen LogP contribution in [0, 0.1) is 41.5 Å². The molecule has 0 spiro atoms. The molecule has 436 valence electrons. The summed E-state index contributed by atoms with van der Waals surface area (Å²) in [4.78, 5) is 34.9. The maximum atomic E-state index is 5.47. The molecule has 0 saturated heterocycles. The van der Waals surface area contributed by atoms with Gasteiger partial charge in [-0.3, -0.25) is 9.97 Å². The molecule has 3 aliphatic carbocycles. The number of aromatic amines is 3. The quantitative estimate of drug-likeness (QED) is 0.118. The zero-order valence-electron chi connectivity index (χ0n) is 50.4. The Hall–Kier alpha value is -10.6. The van der Waals surface area contributed by atoms with Gasteiger partial charge in [-0.25, -0.2) is 15.0 Å². The number of fused-ring (bicyclic) bond motifs is 5. The van der Waals surface area contributed by atoms with Gasteiger partial charge in [-0.1, -0.05) is 113 Å². The number of imidazole rings is 3. The van der Waals surface area contributed by atoms with Crippen LogP contribution in [0.15, 0.2) is 178 Å². The second-order valence-electron chi connectivity index (χ2n) is 24.2. The first-order valence-corrected chi connectivity index (χ1v) is 30.8. The SMILES string of the molecule is Cc1noc(C)c1-c1cc(-c2cccc3ccccc23)c2nc(C3CC3)[nH]c2c1.Cc1noc(C)c1-c1cc(-c2cccc3cnccc23)c2nc(C3CC3)[nH]c2c1.Cc1noc(C)c1-c1cc(-c2cccnc2-c2ccccc2)c2nc(C3CC3)[nH]c2c1. The van der Waals surface area contributed by atoms with E-state index in [1.807, 2.05) is 84.4 Å². The lowest BCUT2D eigenvalue weighted by atomic mass is 9.93. The van der Waals surface area contributed by atoms with Crippen molar-refractivity contribution in [2.24, 2.45) is 0 Å². The van der Waals surface area contributed by atoms with Crippen LogP contribution in [0.3, 0.4) is 0 Å². The van der Waals surface area contributed by atoms with Gasteiger partial charge < -0.3 is 28.5 Å². The van der Waals surface area contributed by atoms with Crippen LogP contribution in [-0.2, 0) is 0 Å². The molecular formula is C75H63N11O3. The lowest BCUT2D eigenvalue weighted by Crippen LogP contribution is -1.92. The maximum Gasteiger partial charge on any atom is 0.141 e. The summed E-state index contributed by atoms with van der Waals surface area (Å²) in [5.41, 5.74) is 24.2. The minimum absolute atomic E-state index is 0.547. The Morgan fingerprint density at radius 1 is 0.371 bits per heavy atom. The lowest BCUT2D eigenvalue weighted by Gasteiger charge is -2.12. The van der Waals surface area contributed by atoms with Gasteiger partial charge in [0.1, 0.15) is 34.8 Å². The van der Waals surface area contributed by atoms with E-state index in [4.69, 9.17) is 33.5 Å². The van der Waals surface area contributed by atoms with E-state index >= 15 is 0 Å². The molecule has 18 rings (SSSR count). The summed E-state index contributed by atoms with van der Waals surface area (Å²) in [6, 6.07) is 51.1. The highest BCUT2D eigenvalue weighted by Crippen LogP contribution is 2.47. The molecule has 8 heterocycles. The number of pyridine rings is 2. The number of aryl methyl sites for hydroxylation is 6. The van der Waals surface area contributed by atoms with Crippen LogP contribution in [0.5, 0.6) is 0 Å². The maximum absolute atomic E-state index is 5.47. The molecule has 0 radical (unpaired) electrons. The summed E-state index contributed by atoms with van der Waals surface area (Å²) < 4.78 is 16.4. The first-order valence-electron chi connectivity index (χ1n) is 30.8. The zero-order chi connectivity index (χ0) is 60.0. The summed E-state index contributed by atoms with van der Waals surface area (Å²) in [6.45, 7) is 11.9. The number of rotatable bonds is 10. The minimum atomic E-state index is 0.547. The number of hydrogen-bond donors (Lipinski definition) is 3. The molecular weight excluding hydrogens is 1100 g/mol. The molecule has 15 aromatic rings. The summed E-state index contributed by atoms with van der Waals surface area (Å²) in [5.74, 6) is 7.46. The number of benzene rings is 7. The van der Waals surface area contributed by atoms with Gasteiger partial charge in [-0.2, -0.15) is 0 Å². The third kappa shape index (κ3) is 9.94. The van der Waals surface area contributed by atoms with E-state index in [1.165, 1.54) is 60.2 Å². The summed E-state index contributed by atoms with van der Waals surface area (Å²) in [7, 11) is 0. The van der Waals surface area contributed by atoms with E-state index in [0.29, 0.717) is 17.8 Å². The Bertz CT molecular complexity index is 4940. The van der Waals surface area contributed by atoms with Gasteiger partial charge in [0.05, 0.1) is 55.9 Å². The van der Waals surface area contributed by atoms with Gasteiger partial charge in [-0.15, -0.1) is 0 Å². The predicted molar refractivity (Wildman–Crippen MR) is 351 cm³/mol. The summed E-state index contributed by atoms with van der Waals surface area (Å²) in [6.07, 6.45) is 12.9. The molecule has 8 aromatic heterocycles. The van der Waals surface area contributed by atoms with Gasteiger partial charge in [-0.05, 0) is 173 Å². The van der Waals surface area contributed by atoms with Crippen LogP contribution < -0.4 is 0 Å². The highest BCUT2D eigenvalue weighted by Gasteiger charge is 2.31. The van der Waals surface area contributed by atoms with Gasteiger partial charge in [0.2, 0.25) is 0 Å². The van der Waals surface area contributed by atoms with Crippen molar-refractivity contribution >= 4 is 54.6 Å². The van der Waals surface area contributed by atoms with E-state index < -0.39 is 0 Å². The van der Waals surface area contributed by atoms with Gasteiger partial charge in [0.25, 0.3) is 0 Å². The molecule has 3 N–H and O–H groups in total. The smallest absolute Gasteiger partial charge is 0.141 e. The molecule has 3 aliphatic rings. The second kappa shape index (κ2) is 21.7. The zero-order valence-corrected chi connectivity index (χ0v) is 50.4. The first kappa shape index (κ1) is 53.8. The normalized spacial score (nSPS) is 14.0. The van der Waals surface area contributed by atoms with Crippen LogP contribution in [0.25, 0.3) is 133 Å². The number of H-pyrrole nitrogens is 3. The van der Waals surface area contributed by atoms with Gasteiger partial charge >= 0.3 is 0 Å². The average molecular weight is 1170 g/mol. The molecule has 0 bridgehead atoms. The standard InChI is InChI=1S/C26H22N4O.C25H21N3O.C24H20N4O/c1-15-23(16(2)31-30-15)19-13-21(25-22(14-19)28-26(29-25)18-10-11-18)20-9-6-12-27-24(20)17-7-4-3-5-8-17;1-14-23(15(2)29-28-14)18-12-21(20-9-5-7-16-6-3-4-8-19(16)20)24-22(13-18)26-25(27-24)17-10-11-17;1-13-22(14(2)29-28-13)17-10-20(19-5-3-4-16-12-25-9-8-18(16)19)23-21(11-17)26-24(27-23)15-6-7-15/h3-9,12-14,18H,10-11H2,1-2H3,(H,28,29);3-9,12-13,17H,10-11H2,1-2H3,(H,26,27);3-5,8-12,15H,6-7H2,1-2H3,(H,26,27). The van der Waals surface area contributed by atoms with Crippen molar-refractivity contribution in [3.8, 4) is 78.0 Å². The van der Waals surface area contributed by atoms with Gasteiger partial charge in [0.15, 0.2) is 0 Å². The Morgan fingerprint density at radius 3 is 1.25 bits per heavy atom. The molecule has 0 aliphatic heterocycles. The molecule has 89 heavy (non-hydrogen) atoms. The minimum Gasteiger partial charge on any atom is -0.361 e. The second-order valence-corrected chi connectivity index (χ2v) is 24.2. The number of aromatic nitrogens is 11. The van der Waals surface area contributed by atoms with Crippen molar-refractivity contribution in [3.05, 3.63) is 216 Å². The van der Waals surface area contributed by atoms with Crippen LogP contribution in [0.2, 0.25) is 0 Å². The Labute approximate surface area is 512 Å². The van der Waals surface area contributed by atoms with Crippen LogP contribution in [0.4, 0.5) is 0 Å². The van der Waals surface area contributed by atoms with Crippen molar-refractivity contribution in [3.63, 3.8) is 0 Å². The fourth-order valence-corrected chi connectivity index (χ4v) is 13.1. The van der Waals surface area contributed by atoms with Crippen LogP contribution >= 0.6 is 0 Å². The number of hydrogen-bond acceptors (Lipinski definition) is 11. The van der Waals surface area contributed by atoms with Crippen molar-refractivity contribution in [1.29, 1.82) is 0 Å². The van der Waals surface area contributed by atoms with Crippen molar-refractivity contribution < 1.29 is 13.6 Å². The van der Waals surface area contributed by atoms with E-state index in [9.17, 15) is 0 Å². The summed E-state index contributed by atoms with van der Waals surface area (Å²) in [5, 5.41) is 17.3. The van der Waals surface area contributed by atoms with Crippen LogP contribution in [-0.4, -0.2) is 55.3 Å². The number of nitrogens with one attached hydrogen (secondary N) is 3. The highest BCUT2D eigenvalue weighted by atomic mass is 16.5. The Balaban J connectivity index is 0.000000107. The van der Waals surface area contributed by atoms with E-state index in [2.05, 4.69) is 157 Å². The predicted octanol–water partition coefficient (Wildman–Crippen LogP) is 18.9. The molecule has 7 aromatic carbocycles. The first-order chi connectivity index (χ1) is 43.6. The van der Waals surface area contributed by atoms with Gasteiger partial charge in [0, 0.05) is 86.2 Å². The molecule has 14 heteroatoms. The highest BCUT2D eigenvalue weighted by molar-refractivity contribution is 6.07. The van der Waals surface area contributed by atoms with E-state index in [0.717, 1.165) is 163 Å². The average Bonchev–Trinajstić information content (AvgIpc) is 2.38. The lowest BCUT2D eigenvalue weighted by molar-refractivity contribution is 0.393. The van der Waals surface area contributed by atoms with Crippen molar-refractivity contribution in [2.45, 2.75) is 97.8 Å². The van der Waals surface area contributed by atoms with E-state index in [1.54, 1.807) is 0 Å². The molecule has 3 saturated carbocycles. The third-order valence-corrected chi connectivity index (χ3v) is 17.9. The largest absolute Gasteiger partial charge is 0.361 e. The fourth-order valence-electron chi connectivity index (χ4n) is 13.1. The number of nitrogens with zero attached hydrogens (tertiary/aromatic N) is 8. The molecule has 14 nitrogen and oxygen atoms in total. The monoisotopic (exact) mass is 1170 g/mol. The van der Waals surface area contributed by atoms with Crippen LogP contribution in [0.1, 0.15) is 108 Å². The Kier molecular flexibility index (Phi) is 13.1. The third-order valence-electron chi connectivity index (χ3n) is 17.9. The van der Waals surface area contributed by atoms with Crippen molar-refractivity contribution in [1.82, 2.24) is 55.3 Å². The fraction of sp³-hybridized carbons (Fsp3) is 0.200. The summed E-state index contributed by atoms with van der Waals surface area (Å²) >= 11 is 0. The molecule has 0 unspecified atom stereocenters.